The molecule has 4 heteroatoms. The van der Waals surface area contributed by atoms with Crippen LogP contribution >= 0.6 is 0 Å². The maximum atomic E-state index is 11.4. The highest BCUT2D eigenvalue weighted by Gasteiger charge is 2.02. The zero-order valence-corrected chi connectivity index (χ0v) is 10.1. The lowest BCUT2D eigenvalue weighted by Gasteiger charge is -2.08. The van der Waals surface area contributed by atoms with Gasteiger partial charge in [0.15, 0.2) is 0 Å². The van der Waals surface area contributed by atoms with E-state index in [1.165, 1.54) is 0 Å². The lowest BCUT2D eigenvalue weighted by molar-refractivity contribution is -0.127. The average Bonchev–Trinajstić information content (AvgIpc) is 2.34. The van der Waals surface area contributed by atoms with E-state index in [4.69, 9.17) is 10.00 Å². The minimum atomic E-state index is -0.136. The minimum absolute atomic E-state index is 0.0515. The molecule has 0 aromatic heterocycles. The van der Waals surface area contributed by atoms with Gasteiger partial charge in [-0.15, -0.1) is 0 Å². The van der Waals surface area contributed by atoms with Crippen molar-refractivity contribution in [2.75, 3.05) is 6.61 Å². The van der Waals surface area contributed by atoms with Crippen molar-refractivity contribution in [2.45, 2.75) is 26.5 Å². The molecule has 90 valence electrons. The second-order valence-corrected chi connectivity index (χ2v) is 3.95. The van der Waals surface area contributed by atoms with Crippen LogP contribution in [0.5, 0.6) is 0 Å². The van der Waals surface area contributed by atoms with E-state index >= 15 is 0 Å². The van der Waals surface area contributed by atoms with Gasteiger partial charge in [-0.2, -0.15) is 5.26 Å². The highest BCUT2D eigenvalue weighted by Crippen LogP contribution is 2.02. The van der Waals surface area contributed by atoms with E-state index in [1.807, 2.05) is 32.0 Å². The molecule has 0 saturated heterocycles. The van der Waals surface area contributed by atoms with Gasteiger partial charge in [0.05, 0.1) is 17.7 Å². The number of rotatable bonds is 5. The highest BCUT2D eigenvalue weighted by molar-refractivity contribution is 5.77. The van der Waals surface area contributed by atoms with Gasteiger partial charge in [0.1, 0.15) is 6.61 Å². The molecule has 0 spiro atoms. The monoisotopic (exact) mass is 232 g/mol. The summed E-state index contributed by atoms with van der Waals surface area (Å²) in [5, 5.41) is 11.4. The molecule has 0 unspecified atom stereocenters. The van der Waals surface area contributed by atoms with Gasteiger partial charge in [0.25, 0.3) is 0 Å². The molecule has 0 atom stereocenters. The Morgan fingerprint density at radius 1 is 1.41 bits per heavy atom. The topological polar surface area (TPSA) is 62.1 Å². The zero-order valence-electron chi connectivity index (χ0n) is 10.1. The van der Waals surface area contributed by atoms with Crippen LogP contribution in [0.2, 0.25) is 0 Å². The fourth-order valence-corrected chi connectivity index (χ4v) is 1.19. The average molecular weight is 232 g/mol. The van der Waals surface area contributed by atoms with E-state index in [0.29, 0.717) is 12.1 Å². The van der Waals surface area contributed by atoms with Gasteiger partial charge < -0.3 is 10.1 Å². The smallest absolute Gasteiger partial charge is 0.246 e. The number of nitriles is 1. The maximum absolute atomic E-state index is 11.4. The fourth-order valence-electron chi connectivity index (χ4n) is 1.19. The predicted molar refractivity (Wildman–Crippen MR) is 64.1 cm³/mol. The predicted octanol–water partition coefficient (Wildman–Crippen LogP) is 1.60. The van der Waals surface area contributed by atoms with E-state index < -0.39 is 0 Å². The summed E-state index contributed by atoms with van der Waals surface area (Å²) in [5.74, 6) is -0.136. The van der Waals surface area contributed by atoms with Crippen molar-refractivity contribution in [1.82, 2.24) is 5.32 Å². The van der Waals surface area contributed by atoms with Crippen LogP contribution in [0.15, 0.2) is 24.3 Å². The van der Waals surface area contributed by atoms with Crippen molar-refractivity contribution in [3.63, 3.8) is 0 Å². The molecule has 1 aromatic carbocycles. The van der Waals surface area contributed by atoms with Crippen LogP contribution in [0.25, 0.3) is 0 Å². The van der Waals surface area contributed by atoms with Crippen LogP contribution in [-0.4, -0.2) is 18.6 Å². The number of benzene rings is 1. The molecule has 0 aliphatic carbocycles. The summed E-state index contributed by atoms with van der Waals surface area (Å²) in [6.07, 6.45) is 0.0515. The van der Waals surface area contributed by atoms with Crippen LogP contribution < -0.4 is 5.32 Å². The summed E-state index contributed by atoms with van der Waals surface area (Å²) in [5.41, 5.74) is 1.57. The van der Waals surface area contributed by atoms with Crippen molar-refractivity contribution < 1.29 is 9.53 Å². The third kappa shape index (κ3) is 5.14. The van der Waals surface area contributed by atoms with Crippen molar-refractivity contribution in [3.8, 4) is 6.07 Å². The Bertz CT molecular complexity index is 404. The van der Waals surface area contributed by atoms with E-state index in [-0.39, 0.29) is 18.6 Å². The molecule has 0 saturated carbocycles. The van der Waals surface area contributed by atoms with E-state index in [2.05, 4.69) is 5.32 Å². The Kier molecular flexibility index (Phi) is 5.18. The quantitative estimate of drug-likeness (QED) is 0.838. The molecule has 4 nitrogen and oxygen atoms in total. The molecular formula is C13H16N2O2. The van der Waals surface area contributed by atoms with Gasteiger partial charge in [0.2, 0.25) is 5.91 Å². The second-order valence-electron chi connectivity index (χ2n) is 3.95. The molecule has 1 amide bonds. The number of amides is 1. The van der Waals surface area contributed by atoms with Gasteiger partial charge in [-0.3, -0.25) is 4.79 Å². The summed E-state index contributed by atoms with van der Waals surface area (Å²) >= 11 is 0. The summed E-state index contributed by atoms with van der Waals surface area (Å²) in [6.45, 7) is 4.29. The first-order valence-electron chi connectivity index (χ1n) is 5.49. The number of hydrogen-bond acceptors (Lipinski definition) is 3. The Morgan fingerprint density at radius 3 is 2.59 bits per heavy atom. The molecule has 0 aliphatic rings. The third-order valence-electron chi connectivity index (χ3n) is 2.12. The van der Waals surface area contributed by atoms with Crippen LogP contribution in [0.1, 0.15) is 25.0 Å². The number of carbonyl (C=O) groups is 1. The number of carbonyl (C=O) groups excluding carboxylic acids is 1. The Morgan fingerprint density at radius 2 is 2.06 bits per heavy atom. The molecule has 1 rings (SSSR count). The number of ether oxygens (including phenoxy) is 1. The minimum Gasteiger partial charge on any atom is -0.369 e. The van der Waals surface area contributed by atoms with Crippen molar-refractivity contribution in [2.24, 2.45) is 0 Å². The molecule has 0 fully saturated rings. The third-order valence-corrected chi connectivity index (χ3v) is 2.12. The van der Waals surface area contributed by atoms with Gasteiger partial charge in [-0.25, -0.2) is 0 Å². The van der Waals surface area contributed by atoms with Crippen LogP contribution in [0.3, 0.4) is 0 Å². The molecule has 0 aliphatic heterocycles. The highest BCUT2D eigenvalue weighted by atomic mass is 16.5. The Labute approximate surface area is 101 Å². The normalized spacial score (nSPS) is 10.0. The first-order chi connectivity index (χ1) is 8.11. The SMILES string of the molecule is CC(C)OCC(=O)NCc1ccc(C#N)cc1. The van der Waals surface area contributed by atoms with Crippen LogP contribution in [0, 0.1) is 11.3 Å². The van der Waals surface area contributed by atoms with Gasteiger partial charge in [0, 0.05) is 6.54 Å². The van der Waals surface area contributed by atoms with Gasteiger partial charge >= 0.3 is 0 Å². The summed E-state index contributed by atoms with van der Waals surface area (Å²) in [6, 6.07) is 9.14. The number of nitrogens with one attached hydrogen (secondary N) is 1. The standard InChI is InChI=1S/C13H16N2O2/c1-10(2)17-9-13(16)15-8-12-5-3-11(7-14)4-6-12/h3-6,10H,8-9H2,1-2H3,(H,15,16). The Balaban J connectivity index is 2.35. The largest absolute Gasteiger partial charge is 0.369 e. The van der Waals surface area contributed by atoms with Gasteiger partial charge in [-0.1, -0.05) is 12.1 Å². The van der Waals surface area contributed by atoms with Gasteiger partial charge in [-0.05, 0) is 31.5 Å². The van der Waals surface area contributed by atoms with Crippen molar-refractivity contribution >= 4 is 5.91 Å². The molecule has 17 heavy (non-hydrogen) atoms. The fraction of sp³-hybridized carbons (Fsp3) is 0.385. The number of hydrogen-bond donors (Lipinski definition) is 1. The molecule has 1 aromatic rings. The molecule has 0 radical (unpaired) electrons. The first kappa shape index (κ1) is 13.2. The van der Waals surface area contributed by atoms with Crippen molar-refractivity contribution in [1.29, 1.82) is 5.26 Å². The second kappa shape index (κ2) is 6.66. The van der Waals surface area contributed by atoms with E-state index in [0.717, 1.165) is 5.56 Å². The summed E-state index contributed by atoms with van der Waals surface area (Å²) in [7, 11) is 0. The molecular weight excluding hydrogens is 216 g/mol. The number of nitrogens with zero attached hydrogens (tertiary/aromatic N) is 1. The lowest BCUT2D eigenvalue weighted by Crippen LogP contribution is -2.28. The molecule has 0 bridgehead atoms. The molecule has 1 N–H and O–H groups in total. The maximum Gasteiger partial charge on any atom is 0.246 e. The molecule has 0 heterocycles. The van der Waals surface area contributed by atoms with Crippen molar-refractivity contribution in [3.05, 3.63) is 35.4 Å². The summed E-state index contributed by atoms with van der Waals surface area (Å²) in [4.78, 5) is 11.4. The first-order valence-corrected chi connectivity index (χ1v) is 5.49. The zero-order chi connectivity index (χ0) is 12.7. The lowest BCUT2D eigenvalue weighted by atomic mass is 10.1. The Hall–Kier alpha value is -1.86. The van der Waals surface area contributed by atoms with Crippen LogP contribution in [-0.2, 0) is 16.1 Å². The van der Waals surface area contributed by atoms with E-state index in [1.54, 1.807) is 12.1 Å². The van der Waals surface area contributed by atoms with E-state index in [9.17, 15) is 4.79 Å². The van der Waals surface area contributed by atoms with Crippen LogP contribution in [0.4, 0.5) is 0 Å². The summed E-state index contributed by atoms with van der Waals surface area (Å²) < 4.78 is 5.17.